The number of carbonyl (C=O) groups is 1. The minimum Gasteiger partial charge on any atom is -0.494 e. The summed E-state index contributed by atoms with van der Waals surface area (Å²) >= 11 is 0. The number of carbonyl (C=O) groups excluding carboxylic acids is 1. The van der Waals surface area contributed by atoms with Crippen molar-refractivity contribution < 1.29 is 17.9 Å². The second-order valence-electron chi connectivity index (χ2n) is 7.82. The third-order valence-corrected chi connectivity index (χ3v) is 6.94. The Labute approximate surface area is 184 Å². The normalized spacial score (nSPS) is 15.0. The molecule has 1 saturated heterocycles. The number of hydrogen-bond acceptors (Lipinski definition) is 4. The Bertz CT molecular complexity index is 969. The first-order chi connectivity index (χ1) is 14.9. The Balaban J connectivity index is 1.41. The van der Waals surface area contributed by atoms with Crippen molar-refractivity contribution >= 4 is 21.7 Å². The van der Waals surface area contributed by atoms with E-state index in [1.165, 1.54) is 0 Å². The molecule has 2 aromatic carbocycles. The van der Waals surface area contributed by atoms with Crippen LogP contribution in [0.5, 0.6) is 5.75 Å². The van der Waals surface area contributed by atoms with Crippen LogP contribution in [0.3, 0.4) is 0 Å². The molecule has 31 heavy (non-hydrogen) atoms. The highest BCUT2D eigenvalue weighted by atomic mass is 32.2. The molecule has 3 rings (SSSR count). The molecule has 0 aliphatic carbocycles. The Kier molecular flexibility index (Phi) is 7.92. The highest BCUT2D eigenvalue weighted by Crippen LogP contribution is 2.22. The average Bonchev–Trinajstić information content (AvgIpc) is 2.75. The monoisotopic (exact) mass is 445 g/mol. The first-order valence-corrected chi connectivity index (χ1v) is 12.2. The number of amides is 2. The summed E-state index contributed by atoms with van der Waals surface area (Å²) in [5.41, 5.74) is 1.90. The number of nitrogens with one attached hydrogen (secondary N) is 2. The van der Waals surface area contributed by atoms with Gasteiger partial charge in [0.25, 0.3) is 0 Å². The molecule has 8 heteroatoms. The minimum absolute atomic E-state index is 0.0831. The van der Waals surface area contributed by atoms with Gasteiger partial charge in [0.2, 0.25) is 10.0 Å². The molecule has 1 aliphatic heterocycles. The lowest BCUT2D eigenvalue weighted by Crippen LogP contribution is -2.41. The highest BCUT2D eigenvalue weighted by molar-refractivity contribution is 7.89. The standard InChI is InChI=1S/C23H31N3O4S/c1-3-30-21-7-9-22(10-8-21)31(28,29)24-14-11-19-12-15-26(16-13-19)23(27)25-20-6-4-5-18(2)17-20/h4-10,17,19,24H,3,11-16H2,1-2H3,(H,25,27). The number of piperidine rings is 1. The molecule has 168 valence electrons. The van der Waals surface area contributed by atoms with E-state index in [1.807, 2.05) is 43.0 Å². The van der Waals surface area contributed by atoms with Crippen LogP contribution < -0.4 is 14.8 Å². The van der Waals surface area contributed by atoms with Gasteiger partial charge in [-0.15, -0.1) is 0 Å². The molecule has 0 radical (unpaired) electrons. The van der Waals surface area contributed by atoms with Crippen LogP contribution in [0.4, 0.5) is 10.5 Å². The lowest BCUT2D eigenvalue weighted by molar-refractivity contribution is 0.180. The number of benzene rings is 2. The SMILES string of the molecule is CCOc1ccc(S(=O)(=O)NCCC2CCN(C(=O)Nc3cccc(C)c3)CC2)cc1. The van der Waals surface area contributed by atoms with Gasteiger partial charge in [0, 0.05) is 25.3 Å². The van der Waals surface area contributed by atoms with Gasteiger partial charge in [-0.05, 0) is 81.0 Å². The van der Waals surface area contributed by atoms with Crippen LogP contribution in [0.1, 0.15) is 31.7 Å². The van der Waals surface area contributed by atoms with Crippen molar-refractivity contribution in [1.29, 1.82) is 0 Å². The van der Waals surface area contributed by atoms with E-state index in [0.717, 1.165) is 30.5 Å². The molecule has 2 N–H and O–H groups in total. The zero-order valence-corrected chi connectivity index (χ0v) is 19.0. The van der Waals surface area contributed by atoms with Crippen LogP contribution in [-0.2, 0) is 10.0 Å². The fraction of sp³-hybridized carbons (Fsp3) is 0.435. The summed E-state index contributed by atoms with van der Waals surface area (Å²) in [6, 6.07) is 14.1. The summed E-state index contributed by atoms with van der Waals surface area (Å²) in [6.45, 7) is 6.15. The zero-order chi connectivity index (χ0) is 22.3. The van der Waals surface area contributed by atoms with Crippen LogP contribution in [0.25, 0.3) is 0 Å². The number of rotatable bonds is 8. The van der Waals surface area contributed by atoms with Crippen LogP contribution in [0, 0.1) is 12.8 Å². The number of urea groups is 1. The summed E-state index contributed by atoms with van der Waals surface area (Å²) in [6.07, 6.45) is 2.49. The Morgan fingerprint density at radius 1 is 1.13 bits per heavy atom. The van der Waals surface area contributed by atoms with Gasteiger partial charge < -0.3 is 15.0 Å². The van der Waals surface area contributed by atoms with Gasteiger partial charge in [-0.25, -0.2) is 17.9 Å². The van der Waals surface area contributed by atoms with Crippen molar-refractivity contribution in [3.63, 3.8) is 0 Å². The largest absolute Gasteiger partial charge is 0.494 e. The van der Waals surface area contributed by atoms with Crippen molar-refractivity contribution in [2.24, 2.45) is 5.92 Å². The van der Waals surface area contributed by atoms with Gasteiger partial charge in [0.15, 0.2) is 0 Å². The van der Waals surface area contributed by atoms with Crippen LogP contribution in [0.2, 0.25) is 0 Å². The molecular formula is C23H31N3O4S. The van der Waals surface area contributed by atoms with E-state index in [1.54, 1.807) is 24.3 Å². The van der Waals surface area contributed by atoms with Crippen molar-refractivity contribution in [3.05, 3.63) is 54.1 Å². The first kappa shape index (κ1) is 23.1. The number of likely N-dealkylation sites (tertiary alicyclic amines) is 1. The maximum atomic E-state index is 12.5. The molecule has 2 amide bonds. The molecule has 0 aromatic heterocycles. The summed E-state index contributed by atoms with van der Waals surface area (Å²) < 4.78 is 33.0. The number of ether oxygens (including phenoxy) is 1. The molecule has 0 unspecified atom stereocenters. The molecule has 2 aromatic rings. The smallest absolute Gasteiger partial charge is 0.321 e. The van der Waals surface area contributed by atoms with Crippen LogP contribution in [-0.4, -0.2) is 45.6 Å². The summed E-state index contributed by atoms with van der Waals surface area (Å²) in [4.78, 5) is 14.5. The molecule has 1 fully saturated rings. The maximum Gasteiger partial charge on any atom is 0.321 e. The Morgan fingerprint density at radius 3 is 2.48 bits per heavy atom. The minimum atomic E-state index is -3.54. The Hall–Kier alpha value is -2.58. The molecular weight excluding hydrogens is 414 g/mol. The van der Waals surface area contributed by atoms with Gasteiger partial charge in [-0.2, -0.15) is 0 Å². The van der Waals surface area contributed by atoms with Crippen LogP contribution in [0.15, 0.2) is 53.4 Å². The maximum absolute atomic E-state index is 12.5. The molecule has 0 saturated carbocycles. The Morgan fingerprint density at radius 2 is 1.84 bits per heavy atom. The van der Waals surface area contributed by atoms with Gasteiger partial charge >= 0.3 is 6.03 Å². The summed E-state index contributed by atoms with van der Waals surface area (Å²) in [5.74, 6) is 1.05. The van der Waals surface area contributed by atoms with Gasteiger partial charge in [0.05, 0.1) is 11.5 Å². The van der Waals surface area contributed by atoms with Crippen molar-refractivity contribution in [2.75, 3.05) is 31.6 Å². The predicted octanol–water partition coefficient (Wildman–Crippen LogP) is 4.01. The molecule has 1 aliphatic rings. The van der Waals surface area contributed by atoms with E-state index < -0.39 is 10.0 Å². The number of anilines is 1. The van der Waals surface area contributed by atoms with Crippen molar-refractivity contribution in [1.82, 2.24) is 9.62 Å². The molecule has 1 heterocycles. The molecule has 7 nitrogen and oxygen atoms in total. The number of hydrogen-bond donors (Lipinski definition) is 2. The summed E-state index contributed by atoms with van der Waals surface area (Å²) in [7, 11) is -3.54. The average molecular weight is 446 g/mol. The zero-order valence-electron chi connectivity index (χ0n) is 18.1. The highest BCUT2D eigenvalue weighted by Gasteiger charge is 2.23. The number of sulfonamides is 1. The van der Waals surface area contributed by atoms with Crippen molar-refractivity contribution in [3.8, 4) is 5.75 Å². The number of aryl methyl sites for hydroxylation is 1. The van der Waals surface area contributed by atoms with E-state index >= 15 is 0 Å². The third kappa shape index (κ3) is 6.70. The molecule has 0 bridgehead atoms. The summed E-state index contributed by atoms with van der Waals surface area (Å²) in [5, 5.41) is 2.95. The second-order valence-corrected chi connectivity index (χ2v) is 9.59. The predicted molar refractivity (Wildman–Crippen MR) is 122 cm³/mol. The fourth-order valence-corrected chi connectivity index (χ4v) is 4.76. The van der Waals surface area contributed by atoms with Gasteiger partial charge in [-0.3, -0.25) is 0 Å². The van der Waals surface area contributed by atoms with E-state index in [9.17, 15) is 13.2 Å². The molecule has 0 atom stereocenters. The second kappa shape index (κ2) is 10.6. The third-order valence-electron chi connectivity index (χ3n) is 5.46. The van der Waals surface area contributed by atoms with Gasteiger partial charge in [-0.1, -0.05) is 12.1 Å². The van der Waals surface area contributed by atoms with Crippen molar-refractivity contribution in [2.45, 2.75) is 38.0 Å². The number of nitrogens with zero attached hydrogens (tertiary/aromatic N) is 1. The van der Waals surface area contributed by atoms with E-state index in [0.29, 0.717) is 37.9 Å². The van der Waals surface area contributed by atoms with E-state index in [2.05, 4.69) is 10.0 Å². The van der Waals surface area contributed by atoms with E-state index in [-0.39, 0.29) is 10.9 Å². The molecule has 0 spiro atoms. The lowest BCUT2D eigenvalue weighted by atomic mass is 9.94. The fourth-order valence-electron chi connectivity index (χ4n) is 3.71. The quantitative estimate of drug-likeness (QED) is 0.643. The van der Waals surface area contributed by atoms with Crippen LogP contribution >= 0.6 is 0 Å². The first-order valence-electron chi connectivity index (χ1n) is 10.7. The van der Waals surface area contributed by atoms with Gasteiger partial charge in [0.1, 0.15) is 5.75 Å². The lowest BCUT2D eigenvalue weighted by Gasteiger charge is -2.32. The van der Waals surface area contributed by atoms with E-state index in [4.69, 9.17) is 4.74 Å². The topological polar surface area (TPSA) is 87.7 Å².